The maximum Gasteiger partial charge on any atom is 0.0632 e. The SMILES string of the molecule is CN(Cc1ccncc1)c1ccc2cnccc2c1N. The van der Waals surface area contributed by atoms with E-state index in [1.165, 1.54) is 5.56 Å². The van der Waals surface area contributed by atoms with Crippen molar-refractivity contribution in [1.29, 1.82) is 0 Å². The van der Waals surface area contributed by atoms with E-state index in [2.05, 4.69) is 20.9 Å². The quantitative estimate of drug-likeness (QED) is 0.739. The summed E-state index contributed by atoms with van der Waals surface area (Å²) in [4.78, 5) is 10.3. The molecule has 0 unspecified atom stereocenters. The van der Waals surface area contributed by atoms with E-state index >= 15 is 0 Å². The van der Waals surface area contributed by atoms with Crippen molar-refractivity contribution >= 4 is 22.1 Å². The predicted octanol–water partition coefficient (Wildman–Crippen LogP) is 2.85. The number of anilines is 2. The van der Waals surface area contributed by atoms with Gasteiger partial charge in [0.25, 0.3) is 0 Å². The molecule has 2 N–H and O–H groups in total. The summed E-state index contributed by atoms with van der Waals surface area (Å²) in [7, 11) is 2.04. The van der Waals surface area contributed by atoms with Crippen LogP contribution in [-0.4, -0.2) is 17.0 Å². The van der Waals surface area contributed by atoms with Crippen LogP contribution in [0.25, 0.3) is 10.8 Å². The summed E-state index contributed by atoms with van der Waals surface area (Å²) in [6, 6.07) is 10.1. The van der Waals surface area contributed by atoms with Gasteiger partial charge in [0.2, 0.25) is 0 Å². The summed E-state index contributed by atoms with van der Waals surface area (Å²) < 4.78 is 0. The zero-order valence-corrected chi connectivity index (χ0v) is 11.3. The second-order valence-electron chi connectivity index (χ2n) is 4.81. The molecule has 1 aromatic carbocycles. The summed E-state index contributed by atoms with van der Waals surface area (Å²) in [6.45, 7) is 0.795. The molecule has 2 heterocycles. The third-order valence-corrected chi connectivity index (χ3v) is 3.42. The Kier molecular flexibility index (Phi) is 3.21. The van der Waals surface area contributed by atoms with Gasteiger partial charge in [0.15, 0.2) is 0 Å². The van der Waals surface area contributed by atoms with Crippen LogP contribution in [0.4, 0.5) is 11.4 Å². The van der Waals surface area contributed by atoms with Crippen molar-refractivity contribution in [3.8, 4) is 0 Å². The lowest BCUT2D eigenvalue weighted by atomic mass is 10.1. The van der Waals surface area contributed by atoms with Crippen molar-refractivity contribution in [3.05, 3.63) is 60.7 Å². The molecule has 2 aromatic heterocycles. The fourth-order valence-electron chi connectivity index (χ4n) is 2.36. The molecule has 0 amide bonds. The fraction of sp³-hybridized carbons (Fsp3) is 0.125. The van der Waals surface area contributed by atoms with Gasteiger partial charge in [-0.3, -0.25) is 9.97 Å². The van der Waals surface area contributed by atoms with Crippen molar-refractivity contribution in [2.75, 3.05) is 17.7 Å². The van der Waals surface area contributed by atoms with Gasteiger partial charge in [-0.1, -0.05) is 6.07 Å². The Labute approximate surface area is 117 Å². The molecule has 20 heavy (non-hydrogen) atoms. The molecule has 0 aliphatic rings. The van der Waals surface area contributed by atoms with Crippen LogP contribution >= 0.6 is 0 Å². The van der Waals surface area contributed by atoms with Crippen LogP contribution in [0.5, 0.6) is 0 Å². The van der Waals surface area contributed by atoms with E-state index in [4.69, 9.17) is 5.73 Å². The van der Waals surface area contributed by atoms with E-state index in [1.807, 2.05) is 37.5 Å². The first-order valence-electron chi connectivity index (χ1n) is 6.48. The Morgan fingerprint density at radius 1 is 1.00 bits per heavy atom. The van der Waals surface area contributed by atoms with Gasteiger partial charge in [0.1, 0.15) is 0 Å². The average molecular weight is 264 g/mol. The van der Waals surface area contributed by atoms with Crippen LogP contribution in [0.15, 0.2) is 55.1 Å². The van der Waals surface area contributed by atoms with Crippen molar-refractivity contribution < 1.29 is 0 Å². The molecule has 0 spiro atoms. The summed E-state index contributed by atoms with van der Waals surface area (Å²) in [5.41, 5.74) is 9.32. The summed E-state index contributed by atoms with van der Waals surface area (Å²) in [5, 5.41) is 2.10. The van der Waals surface area contributed by atoms with E-state index in [0.717, 1.165) is 28.7 Å². The van der Waals surface area contributed by atoms with Crippen LogP contribution in [0.2, 0.25) is 0 Å². The predicted molar refractivity (Wildman–Crippen MR) is 82.5 cm³/mol. The lowest BCUT2D eigenvalue weighted by molar-refractivity contribution is 0.922. The minimum Gasteiger partial charge on any atom is -0.397 e. The number of pyridine rings is 2. The van der Waals surface area contributed by atoms with Gasteiger partial charge in [-0.15, -0.1) is 0 Å². The minimum absolute atomic E-state index is 0.793. The molecule has 100 valence electrons. The Balaban J connectivity index is 1.95. The summed E-state index contributed by atoms with van der Waals surface area (Å²) in [6.07, 6.45) is 7.21. The maximum absolute atomic E-state index is 6.29. The number of nitrogen functional groups attached to an aromatic ring is 1. The molecular formula is C16H16N4. The molecule has 0 fully saturated rings. The molecule has 4 heteroatoms. The Morgan fingerprint density at radius 3 is 2.55 bits per heavy atom. The highest BCUT2D eigenvalue weighted by Crippen LogP contribution is 2.30. The standard InChI is InChI=1S/C16H16N4/c1-20(11-12-4-7-18-8-5-12)15-3-2-13-10-19-9-6-14(13)16(15)17/h2-10H,11,17H2,1H3. The first kappa shape index (κ1) is 12.4. The van der Waals surface area contributed by atoms with Gasteiger partial charge in [0.05, 0.1) is 11.4 Å². The third kappa shape index (κ3) is 2.28. The zero-order chi connectivity index (χ0) is 13.9. The molecule has 0 atom stereocenters. The number of hydrogen-bond donors (Lipinski definition) is 1. The number of benzene rings is 1. The normalized spacial score (nSPS) is 10.7. The number of nitrogens with two attached hydrogens (primary N) is 1. The molecule has 3 aromatic rings. The van der Waals surface area contributed by atoms with Crippen molar-refractivity contribution in [2.45, 2.75) is 6.54 Å². The number of rotatable bonds is 3. The lowest BCUT2D eigenvalue weighted by Gasteiger charge is -2.22. The highest BCUT2D eigenvalue weighted by Gasteiger charge is 2.09. The van der Waals surface area contributed by atoms with Crippen LogP contribution in [-0.2, 0) is 6.54 Å². The van der Waals surface area contributed by atoms with Crippen LogP contribution in [0.1, 0.15) is 5.56 Å². The first-order valence-corrected chi connectivity index (χ1v) is 6.48. The Morgan fingerprint density at radius 2 is 1.75 bits per heavy atom. The summed E-state index contributed by atoms with van der Waals surface area (Å²) >= 11 is 0. The number of fused-ring (bicyclic) bond motifs is 1. The number of aromatic nitrogens is 2. The number of nitrogens with zero attached hydrogens (tertiary/aromatic N) is 3. The van der Waals surface area contributed by atoms with E-state index in [-0.39, 0.29) is 0 Å². The zero-order valence-electron chi connectivity index (χ0n) is 11.3. The molecule has 0 radical (unpaired) electrons. The van der Waals surface area contributed by atoms with Gasteiger partial charge in [-0.05, 0) is 29.8 Å². The van der Waals surface area contributed by atoms with E-state index in [1.54, 1.807) is 18.6 Å². The van der Waals surface area contributed by atoms with E-state index in [0.29, 0.717) is 0 Å². The fourth-order valence-corrected chi connectivity index (χ4v) is 2.36. The van der Waals surface area contributed by atoms with Crippen molar-refractivity contribution in [3.63, 3.8) is 0 Å². The molecule has 4 nitrogen and oxygen atoms in total. The largest absolute Gasteiger partial charge is 0.397 e. The average Bonchev–Trinajstić information content (AvgIpc) is 2.49. The molecule has 0 bridgehead atoms. The molecule has 3 rings (SSSR count). The van der Waals surface area contributed by atoms with Crippen LogP contribution < -0.4 is 10.6 Å². The molecule has 0 saturated carbocycles. The lowest BCUT2D eigenvalue weighted by Crippen LogP contribution is -2.17. The van der Waals surface area contributed by atoms with E-state index < -0.39 is 0 Å². The summed E-state index contributed by atoms with van der Waals surface area (Å²) in [5.74, 6) is 0. The molecule has 0 saturated heterocycles. The third-order valence-electron chi connectivity index (χ3n) is 3.42. The Hall–Kier alpha value is -2.62. The second-order valence-corrected chi connectivity index (χ2v) is 4.81. The monoisotopic (exact) mass is 264 g/mol. The second kappa shape index (κ2) is 5.17. The van der Waals surface area contributed by atoms with Gasteiger partial charge in [-0.25, -0.2) is 0 Å². The first-order chi connectivity index (χ1) is 9.75. The molecular weight excluding hydrogens is 248 g/mol. The number of hydrogen-bond acceptors (Lipinski definition) is 4. The van der Waals surface area contributed by atoms with Crippen LogP contribution in [0.3, 0.4) is 0 Å². The Bertz CT molecular complexity index is 725. The maximum atomic E-state index is 6.29. The topological polar surface area (TPSA) is 55.0 Å². The molecule has 0 aliphatic heterocycles. The van der Waals surface area contributed by atoms with E-state index in [9.17, 15) is 0 Å². The smallest absolute Gasteiger partial charge is 0.0632 e. The highest BCUT2D eigenvalue weighted by molar-refractivity contribution is 5.98. The van der Waals surface area contributed by atoms with Gasteiger partial charge >= 0.3 is 0 Å². The van der Waals surface area contributed by atoms with Gasteiger partial charge in [-0.2, -0.15) is 0 Å². The van der Waals surface area contributed by atoms with Crippen molar-refractivity contribution in [1.82, 2.24) is 9.97 Å². The van der Waals surface area contributed by atoms with Crippen LogP contribution in [0, 0.1) is 0 Å². The van der Waals surface area contributed by atoms with Crippen molar-refractivity contribution in [2.24, 2.45) is 0 Å². The van der Waals surface area contributed by atoms with Gasteiger partial charge in [0, 0.05) is 49.2 Å². The molecule has 0 aliphatic carbocycles. The van der Waals surface area contributed by atoms with Gasteiger partial charge < -0.3 is 10.6 Å². The minimum atomic E-state index is 0.793. The highest BCUT2D eigenvalue weighted by atomic mass is 15.1.